The molecule has 260 valence electrons. The van der Waals surface area contributed by atoms with Gasteiger partial charge in [-0.2, -0.15) is 0 Å². The van der Waals surface area contributed by atoms with E-state index >= 15 is 0 Å². The Hall–Kier alpha value is -7.01. The van der Waals surface area contributed by atoms with Gasteiger partial charge in [0, 0.05) is 47.8 Å². The van der Waals surface area contributed by atoms with Crippen molar-refractivity contribution in [2.45, 2.75) is 9.79 Å². The Labute approximate surface area is 326 Å². The van der Waals surface area contributed by atoms with Crippen LogP contribution < -0.4 is 0 Å². The zero-order valence-corrected chi connectivity index (χ0v) is 31.0. The fourth-order valence-electron chi connectivity index (χ4n) is 9.80. The molecule has 13 rings (SSSR count). The molecule has 0 N–H and O–H groups in total. The molecule has 0 aliphatic carbocycles. The van der Waals surface area contributed by atoms with Crippen LogP contribution in [0, 0.1) is 0 Å². The molecule has 0 radical (unpaired) electrons. The van der Waals surface area contributed by atoms with E-state index in [0.29, 0.717) is 0 Å². The first-order valence-electron chi connectivity index (χ1n) is 19.2. The van der Waals surface area contributed by atoms with Gasteiger partial charge in [0.25, 0.3) is 0 Å². The molecular formula is C52H31N3S. The van der Waals surface area contributed by atoms with E-state index in [0.717, 1.165) is 5.69 Å². The number of hydrogen-bond donors (Lipinski definition) is 0. The third-order valence-electron chi connectivity index (χ3n) is 12.0. The summed E-state index contributed by atoms with van der Waals surface area (Å²) in [7, 11) is 0. The number of nitrogens with zero attached hydrogens (tertiary/aromatic N) is 3. The first-order chi connectivity index (χ1) is 27.8. The van der Waals surface area contributed by atoms with Crippen LogP contribution in [0.25, 0.3) is 104 Å². The molecule has 56 heavy (non-hydrogen) atoms. The summed E-state index contributed by atoms with van der Waals surface area (Å²) in [6.45, 7) is 0. The molecule has 12 aromatic rings. The third kappa shape index (κ3) is 3.93. The zero-order chi connectivity index (χ0) is 36.5. The number of aromatic nitrogens is 3. The number of para-hydroxylation sites is 4. The number of fused-ring (bicyclic) bond motifs is 13. The van der Waals surface area contributed by atoms with E-state index < -0.39 is 0 Å². The van der Waals surface area contributed by atoms with Crippen LogP contribution in [0.1, 0.15) is 0 Å². The largest absolute Gasteiger partial charge is 0.309 e. The van der Waals surface area contributed by atoms with Gasteiger partial charge in [-0.1, -0.05) is 145 Å². The minimum absolute atomic E-state index is 1.15. The predicted octanol–water partition coefficient (Wildman–Crippen LogP) is 14.3. The predicted molar refractivity (Wildman–Crippen MR) is 237 cm³/mol. The molecule has 0 fully saturated rings. The summed E-state index contributed by atoms with van der Waals surface area (Å²) < 4.78 is 7.49. The highest BCUT2D eigenvalue weighted by atomic mass is 32.2. The highest BCUT2D eigenvalue weighted by Gasteiger charge is 2.29. The molecule has 0 atom stereocenters. The Morgan fingerprint density at radius 3 is 1.91 bits per heavy atom. The molecule has 0 amide bonds. The van der Waals surface area contributed by atoms with E-state index in [2.05, 4.69) is 202 Å². The SMILES string of the molecule is c1ccc(-n2c3cccc(-c4cccc5c(-n6c7ccccc7c7c8ccccc8ccc76)cccc45)c3c3c4cccc5c4n(c32)-c2ccccc2S5)cc1. The van der Waals surface area contributed by atoms with Crippen molar-refractivity contribution in [1.82, 2.24) is 13.7 Å². The first kappa shape index (κ1) is 30.3. The standard InChI is InChI=1S/C52H31N3S/c1-2-15-33(16-3-1)53-44-27-12-22-38(49(44)50-40-23-13-29-47-51(40)55(52(50)53)43-25-8-9-28-46(43)56-47)36-19-10-21-37-35(36)20-11-26-41(37)54-42-24-7-6-18-39(42)48-34-17-5-4-14-32(34)30-31-45(48)54/h1-31H. The Balaban J connectivity index is 1.15. The molecule has 3 nitrogen and oxygen atoms in total. The van der Waals surface area contributed by atoms with Crippen molar-refractivity contribution >= 4 is 88.0 Å². The molecule has 0 saturated heterocycles. The zero-order valence-electron chi connectivity index (χ0n) is 30.1. The maximum atomic E-state index is 2.52. The molecule has 0 bridgehead atoms. The van der Waals surface area contributed by atoms with Gasteiger partial charge in [-0.15, -0.1) is 0 Å². The summed E-state index contributed by atoms with van der Waals surface area (Å²) >= 11 is 1.87. The van der Waals surface area contributed by atoms with Gasteiger partial charge in [0.15, 0.2) is 0 Å². The van der Waals surface area contributed by atoms with Crippen LogP contribution in [0.2, 0.25) is 0 Å². The van der Waals surface area contributed by atoms with Crippen molar-refractivity contribution in [3.05, 3.63) is 188 Å². The molecule has 1 aliphatic rings. The number of rotatable bonds is 3. The molecule has 0 spiro atoms. The van der Waals surface area contributed by atoms with Gasteiger partial charge in [-0.3, -0.25) is 9.13 Å². The van der Waals surface area contributed by atoms with Gasteiger partial charge in [0.05, 0.1) is 33.4 Å². The van der Waals surface area contributed by atoms with Crippen LogP contribution in [0.5, 0.6) is 0 Å². The van der Waals surface area contributed by atoms with Crippen LogP contribution in [-0.4, -0.2) is 13.7 Å². The molecule has 9 aromatic carbocycles. The van der Waals surface area contributed by atoms with Crippen LogP contribution in [-0.2, 0) is 0 Å². The second-order valence-electron chi connectivity index (χ2n) is 14.8. The lowest BCUT2D eigenvalue weighted by Crippen LogP contribution is -2.05. The number of hydrogen-bond acceptors (Lipinski definition) is 1. The van der Waals surface area contributed by atoms with Gasteiger partial charge in [-0.25, -0.2) is 0 Å². The van der Waals surface area contributed by atoms with Gasteiger partial charge in [0.2, 0.25) is 0 Å². The monoisotopic (exact) mass is 729 g/mol. The summed E-state index contributed by atoms with van der Waals surface area (Å²) in [4.78, 5) is 2.56. The van der Waals surface area contributed by atoms with Crippen molar-refractivity contribution in [1.29, 1.82) is 0 Å². The normalized spacial score (nSPS) is 12.6. The van der Waals surface area contributed by atoms with Gasteiger partial charge < -0.3 is 4.57 Å². The summed E-state index contributed by atoms with van der Waals surface area (Å²) in [6.07, 6.45) is 0. The quantitative estimate of drug-likeness (QED) is 0.177. The fourth-order valence-corrected chi connectivity index (χ4v) is 10.9. The molecular weight excluding hydrogens is 699 g/mol. The maximum absolute atomic E-state index is 2.52. The molecule has 0 saturated carbocycles. The average Bonchev–Trinajstić information content (AvgIpc) is 3.90. The molecule has 1 aliphatic heterocycles. The average molecular weight is 730 g/mol. The lowest BCUT2D eigenvalue weighted by atomic mass is 9.94. The lowest BCUT2D eigenvalue weighted by Gasteiger charge is -2.21. The minimum Gasteiger partial charge on any atom is -0.309 e. The lowest BCUT2D eigenvalue weighted by molar-refractivity contribution is 1.03. The van der Waals surface area contributed by atoms with Gasteiger partial charge >= 0.3 is 0 Å². The van der Waals surface area contributed by atoms with E-state index in [1.54, 1.807) is 0 Å². The van der Waals surface area contributed by atoms with Crippen molar-refractivity contribution in [2.75, 3.05) is 0 Å². The smallest absolute Gasteiger partial charge is 0.131 e. The molecule has 3 aromatic heterocycles. The van der Waals surface area contributed by atoms with Crippen molar-refractivity contribution in [2.24, 2.45) is 0 Å². The molecule has 4 heterocycles. The van der Waals surface area contributed by atoms with Crippen molar-refractivity contribution in [3.63, 3.8) is 0 Å². The van der Waals surface area contributed by atoms with Crippen molar-refractivity contribution < 1.29 is 0 Å². The second-order valence-corrected chi connectivity index (χ2v) is 15.9. The molecule has 4 heteroatoms. The minimum atomic E-state index is 1.15. The van der Waals surface area contributed by atoms with Crippen LogP contribution in [0.4, 0.5) is 0 Å². The van der Waals surface area contributed by atoms with Crippen molar-refractivity contribution in [3.8, 4) is 28.2 Å². The summed E-state index contributed by atoms with van der Waals surface area (Å²) in [5.74, 6) is 0. The Morgan fingerprint density at radius 2 is 0.964 bits per heavy atom. The summed E-state index contributed by atoms with van der Waals surface area (Å²) in [5, 5.41) is 11.4. The Kier molecular flexibility index (Phi) is 6.10. The fraction of sp³-hybridized carbons (Fsp3) is 0. The van der Waals surface area contributed by atoms with Crippen LogP contribution in [0.3, 0.4) is 0 Å². The highest BCUT2D eigenvalue weighted by Crippen LogP contribution is 2.51. The van der Waals surface area contributed by atoms with E-state index in [9.17, 15) is 0 Å². The summed E-state index contributed by atoms with van der Waals surface area (Å²) in [5.41, 5.74) is 12.2. The van der Waals surface area contributed by atoms with Gasteiger partial charge in [0.1, 0.15) is 5.65 Å². The van der Waals surface area contributed by atoms with E-state index in [4.69, 9.17) is 0 Å². The highest BCUT2D eigenvalue weighted by molar-refractivity contribution is 7.99. The van der Waals surface area contributed by atoms with Crippen LogP contribution in [0.15, 0.2) is 198 Å². The topological polar surface area (TPSA) is 14.8 Å². The molecule has 0 unspecified atom stereocenters. The summed E-state index contributed by atoms with van der Waals surface area (Å²) in [6, 6.07) is 69.3. The number of benzene rings is 9. The first-order valence-corrected chi connectivity index (χ1v) is 20.0. The van der Waals surface area contributed by atoms with Gasteiger partial charge in [-0.05, 0) is 81.9 Å². The van der Waals surface area contributed by atoms with E-state index in [-0.39, 0.29) is 0 Å². The Bertz CT molecular complexity index is 3620. The van der Waals surface area contributed by atoms with E-state index in [1.807, 2.05) is 11.8 Å². The second kappa shape index (κ2) is 11.3. The maximum Gasteiger partial charge on any atom is 0.131 e. The third-order valence-corrected chi connectivity index (χ3v) is 13.1. The van der Waals surface area contributed by atoms with E-state index in [1.165, 1.54) is 108 Å². The Morgan fingerprint density at radius 1 is 0.321 bits per heavy atom. The van der Waals surface area contributed by atoms with Crippen LogP contribution >= 0.6 is 11.8 Å².